The molecule has 1 aromatic rings. The fourth-order valence-corrected chi connectivity index (χ4v) is 4.92. The number of nitrogens with one attached hydrogen (secondary N) is 1. The standard InChI is InChI=1S/C22H34N2O/c1-13(2)18-9-6-10-19(14(3)4)21(18)24-22(25)17-11-15-7-5-8-16(12-17)20(15)23/h6,9-10,13-17,20H,5,7-8,11-12,23H2,1-4H3,(H,24,25). The van der Waals surface area contributed by atoms with Crippen LogP contribution in [0.1, 0.15) is 82.8 Å². The van der Waals surface area contributed by atoms with Crippen LogP contribution >= 0.6 is 0 Å². The Morgan fingerprint density at radius 2 is 1.56 bits per heavy atom. The highest BCUT2D eigenvalue weighted by atomic mass is 16.1. The SMILES string of the molecule is CC(C)c1cccc(C(C)C)c1NC(=O)C1CC2CCCC(C1)C2N. The fraction of sp³-hybridized carbons (Fsp3) is 0.682. The minimum Gasteiger partial charge on any atom is -0.327 e. The topological polar surface area (TPSA) is 55.1 Å². The van der Waals surface area contributed by atoms with Gasteiger partial charge in [0.1, 0.15) is 0 Å². The van der Waals surface area contributed by atoms with Gasteiger partial charge in [-0.2, -0.15) is 0 Å². The molecule has 138 valence electrons. The molecule has 2 bridgehead atoms. The Bertz CT molecular complexity index is 582. The van der Waals surface area contributed by atoms with Crippen molar-refractivity contribution in [1.82, 2.24) is 0 Å². The second-order valence-corrected chi connectivity index (χ2v) is 8.81. The number of nitrogens with two attached hydrogens (primary N) is 1. The lowest BCUT2D eigenvalue weighted by Gasteiger charge is -2.43. The number of benzene rings is 1. The maximum atomic E-state index is 13.1. The highest BCUT2D eigenvalue weighted by Gasteiger charge is 2.40. The number of carbonyl (C=O) groups excluding carboxylic acids is 1. The van der Waals surface area contributed by atoms with Crippen LogP contribution in [0, 0.1) is 17.8 Å². The van der Waals surface area contributed by atoms with Gasteiger partial charge in [0, 0.05) is 17.6 Å². The van der Waals surface area contributed by atoms with Gasteiger partial charge in [-0.3, -0.25) is 4.79 Å². The molecule has 0 aromatic heterocycles. The van der Waals surface area contributed by atoms with Gasteiger partial charge in [-0.05, 0) is 60.5 Å². The Hall–Kier alpha value is -1.35. The van der Waals surface area contributed by atoms with E-state index in [0.717, 1.165) is 18.5 Å². The van der Waals surface area contributed by atoms with Crippen molar-refractivity contribution in [3.8, 4) is 0 Å². The average Bonchev–Trinajstić information content (AvgIpc) is 2.54. The Labute approximate surface area is 152 Å². The number of anilines is 1. The summed E-state index contributed by atoms with van der Waals surface area (Å²) in [5.41, 5.74) is 9.93. The van der Waals surface area contributed by atoms with Gasteiger partial charge in [0.05, 0.1) is 0 Å². The van der Waals surface area contributed by atoms with Gasteiger partial charge in [0.25, 0.3) is 0 Å². The molecule has 2 fully saturated rings. The van der Waals surface area contributed by atoms with E-state index in [1.807, 2.05) is 0 Å². The van der Waals surface area contributed by atoms with Gasteiger partial charge in [-0.1, -0.05) is 52.3 Å². The summed E-state index contributed by atoms with van der Waals surface area (Å²) < 4.78 is 0. The first-order chi connectivity index (χ1) is 11.9. The summed E-state index contributed by atoms with van der Waals surface area (Å²) in [5, 5.41) is 3.34. The molecule has 0 saturated heterocycles. The largest absolute Gasteiger partial charge is 0.327 e. The van der Waals surface area contributed by atoms with E-state index in [2.05, 4.69) is 51.2 Å². The molecule has 3 N–H and O–H groups in total. The Morgan fingerprint density at radius 1 is 1.04 bits per heavy atom. The van der Waals surface area contributed by atoms with Crippen LogP contribution in [0.15, 0.2) is 18.2 Å². The second kappa shape index (κ2) is 7.49. The van der Waals surface area contributed by atoms with Crippen LogP contribution < -0.4 is 11.1 Å². The van der Waals surface area contributed by atoms with Gasteiger partial charge in [-0.15, -0.1) is 0 Å². The zero-order valence-corrected chi connectivity index (χ0v) is 16.2. The molecular formula is C22H34N2O. The molecule has 25 heavy (non-hydrogen) atoms. The monoisotopic (exact) mass is 342 g/mol. The van der Waals surface area contributed by atoms with Crippen molar-refractivity contribution in [3.05, 3.63) is 29.3 Å². The second-order valence-electron chi connectivity index (χ2n) is 8.81. The minimum absolute atomic E-state index is 0.121. The molecule has 2 saturated carbocycles. The molecule has 0 aliphatic heterocycles. The van der Waals surface area contributed by atoms with Crippen LogP contribution in [-0.2, 0) is 4.79 Å². The Kier molecular flexibility index (Phi) is 5.52. The molecule has 3 nitrogen and oxygen atoms in total. The van der Waals surface area contributed by atoms with E-state index in [-0.39, 0.29) is 11.8 Å². The first kappa shape index (κ1) is 18.4. The molecule has 0 spiro atoms. The van der Waals surface area contributed by atoms with E-state index in [0.29, 0.717) is 29.7 Å². The number of carbonyl (C=O) groups is 1. The molecule has 1 amide bonds. The van der Waals surface area contributed by atoms with Gasteiger partial charge < -0.3 is 11.1 Å². The van der Waals surface area contributed by atoms with Crippen molar-refractivity contribution < 1.29 is 4.79 Å². The molecule has 1 aromatic carbocycles. The number of hydrogen-bond acceptors (Lipinski definition) is 2. The van der Waals surface area contributed by atoms with Crippen LogP contribution in [0.2, 0.25) is 0 Å². The zero-order valence-electron chi connectivity index (χ0n) is 16.2. The lowest BCUT2D eigenvalue weighted by atomic mass is 9.65. The predicted molar refractivity (Wildman–Crippen MR) is 105 cm³/mol. The van der Waals surface area contributed by atoms with Gasteiger partial charge in [0.2, 0.25) is 5.91 Å². The summed E-state index contributed by atoms with van der Waals surface area (Å²) in [5.74, 6) is 2.19. The Morgan fingerprint density at radius 3 is 2.04 bits per heavy atom. The molecule has 3 rings (SSSR count). The maximum absolute atomic E-state index is 13.1. The number of rotatable bonds is 4. The number of hydrogen-bond donors (Lipinski definition) is 2. The minimum atomic E-state index is 0.121. The van der Waals surface area contributed by atoms with Crippen LogP contribution in [0.3, 0.4) is 0 Å². The Balaban J connectivity index is 1.81. The van der Waals surface area contributed by atoms with Gasteiger partial charge in [-0.25, -0.2) is 0 Å². The van der Waals surface area contributed by atoms with E-state index in [9.17, 15) is 4.79 Å². The van der Waals surface area contributed by atoms with E-state index < -0.39 is 0 Å². The molecule has 2 aliphatic rings. The summed E-state index contributed by atoms with van der Waals surface area (Å²) in [6.45, 7) is 8.77. The van der Waals surface area contributed by atoms with E-state index in [1.54, 1.807) is 0 Å². The smallest absolute Gasteiger partial charge is 0.227 e. The highest BCUT2D eigenvalue weighted by Crippen LogP contribution is 2.42. The number of para-hydroxylation sites is 1. The van der Waals surface area contributed by atoms with Gasteiger partial charge in [0.15, 0.2) is 0 Å². The molecular weight excluding hydrogens is 308 g/mol. The summed E-state index contributed by atoms with van der Waals surface area (Å²) in [6.07, 6.45) is 5.60. The predicted octanol–water partition coefficient (Wildman–Crippen LogP) is 5.03. The first-order valence-corrected chi connectivity index (χ1v) is 10.1. The van der Waals surface area contributed by atoms with E-state index in [4.69, 9.17) is 5.73 Å². The maximum Gasteiger partial charge on any atom is 0.227 e. The van der Waals surface area contributed by atoms with Crippen LogP contribution in [0.25, 0.3) is 0 Å². The van der Waals surface area contributed by atoms with Crippen LogP contribution in [0.4, 0.5) is 5.69 Å². The third-order valence-corrected chi connectivity index (χ3v) is 6.40. The average molecular weight is 343 g/mol. The van der Waals surface area contributed by atoms with Crippen molar-refractivity contribution >= 4 is 11.6 Å². The summed E-state index contributed by atoms with van der Waals surface area (Å²) in [6, 6.07) is 6.73. The van der Waals surface area contributed by atoms with Crippen molar-refractivity contribution in [2.24, 2.45) is 23.5 Å². The quantitative estimate of drug-likeness (QED) is 0.806. The van der Waals surface area contributed by atoms with E-state index >= 15 is 0 Å². The van der Waals surface area contributed by atoms with Crippen molar-refractivity contribution in [2.75, 3.05) is 5.32 Å². The van der Waals surface area contributed by atoms with Crippen LogP contribution in [0.5, 0.6) is 0 Å². The van der Waals surface area contributed by atoms with Crippen molar-refractivity contribution in [2.45, 2.75) is 77.7 Å². The van der Waals surface area contributed by atoms with E-state index in [1.165, 1.54) is 30.4 Å². The van der Waals surface area contributed by atoms with Crippen molar-refractivity contribution in [3.63, 3.8) is 0 Å². The summed E-state index contributed by atoms with van der Waals surface area (Å²) in [4.78, 5) is 13.1. The number of fused-ring (bicyclic) bond motifs is 2. The summed E-state index contributed by atoms with van der Waals surface area (Å²) >= 11 is 0. The van der Waals surface area contributed by atoms with Crippen LogP contribution in [-0.4, -0.2) is 11.9 Å². The molecule has 0 heterocycles. The molecule has 2 unspecified atom stereocenters. The lowest BCUT2D eigenvalue weighted by Crippen LogP contribution is -2.48. The number of amides is 1. The normalized spacial score (nSPS) is 29.1. The zero-order chi connectivity index (χ0) is 18.1. The highest BCUT2D eigenvalue weighted by molar-refractivity contribution is 5.94. The molecule has 3 heteroatoms. The summed E-state index contributed by atoms with van der Waals surface area (Å²) in [7, 11) is 0. The molecule has 2 aliphatic carbocycles. The third kappa shape index (κ3) is 3.76. The van der Waals surface area contributed by atoms with Crippen molar-refractivity contribution in [1.29, 1.82) is 0 Å². The molecule has 0 radical (unpaired) electrons. The third-order valence-electron chi connectivity index (χ3n) is 6.40. The lowest BCUT2D eigenvalue weighted by molar-refractivity contribution is -0.122. The van der Waals surface area contributed by atoms with Gasteiger partial charge >= 0.3 is 0 Å². The molecule has 2 atom stereocenters. The first-order valence-electron chi connectivity index (χ1n) is 10.1. The fourth-order valence-electron chi connectivity index (χ4n) is 4.92.